The Kier molecular flexibility index (Phi) is 4.56. The molecule has 0 aliphatic carbocycles. The molecule has 0 aromatic heterocycles. The number of halogens is 2. The SMILES string of the molecule is Cc1cccc(NC(CN)c2ccc(Br)cc2F)c1. The zero-order valence-corrected chi connectivity index (χ0v) is 12.2. The molecule has 1 unspecified atom stereocenters. The fourth-order valence-corrected chi connectivity index (χ4v) is 2.32. The molecule has 0 saturated carbocycles. The first-order chi connectivity index (χ1) is 9.10. The molecule has 0 spiro atoms. The van der Waals surface area contributed by atoms with E-state index in [-0.39, 0.29) is 11.9 Å². The van der Waals surface area contributed by atoms with Crippen LogP contribution in [0, 0.1) is 12.7 Å². The number of hydrogen-bond acceptors (Lipinski definition) is 2. The molecule has 0 bridgehead atoms. The lowest BCUT2D eigenvalue weighted by molar-refractivity contribution is 0.592. The molecule has 100 valence electrons. The van der Waals surface area contributed by atoms with Gasteiger partial charge < -0.3 is 11.1 Å². The normalized spacial score (nSPS) is 12.2. The highest BCUT2D eigenvalue weighted by molar-refractivity contribution is 9.10. The molecular formula is C15H16BrFN2. The van der Waals surface area contributed by atoms with Gasteiger partial charge in [0.2, 0.25) is 0 Å². The van der Waals surface area contributed by atoms with Crippen molar-refractivity contribution in [2.75, 3.05) is 11.9 Å². The molecule has 0 radical (unpaired) electrons. The average molecular weight is 323 g/mol. The molecule has 1 atom stereocenters. The predicted molar refractivity (Wildman–Crippen MR) is 80.7 cm³/mol. The van der Waals surface area contributed by atoms with E-state index in [4.69, 9.17) is 5.73 Å². The minimum absolute atomic E-state index is 0.241. The first-order valence-electron chi connectivity index (χ1n) is 6.08. The second-order valence-electron chi connectivity index (χ2n) is 4.47. The molecule has 0 fully saturated rings. The summed E-state index contributed by atoms with van der Waals surface area (Å²) in [7, 11) is 0. The third-order valence-electron chi connectivity index (χ3n) is 2.93. The van der Waals surface area contributed by atoms with Gasteiger partial charge in [-0.1, -0.05) is 34.1 Å². The zero-order chi connectivity index (χ0) is 13.8. The van der Waals surface area contributed by atoms with Crippen LogP contribution in [0.2, 0.25) is 0 Å². The van der Waals surface area contributed by atoms with E-state index >= 15 is 0 Å². The van der Waals surface area contributed by atoms with E-state index in [2.05, 4.69) is 21.2 Å². The van der Waals surface area contributed by atoms with Crippen LogP contribution in [0.25, 0.3) is 0 Å². The highest BCUT2D eigenvalue weighted by atomic mass is 79.9. The molecule has 2 aromatic carbocycles. The maximum atomic E-state index is 13.9. The molecule has 2 rings (SSSR count). The van der Waals surface area contributed by atoms with E-state index in [1.807, 2.05) is 37.3 Å². The summed E-state index contributed by atoms with van der Waals surface area (Å²) >= 11 is 3.25. The zero-order valence-electron chi connectivity index (χ0n) is 10.7. The van der Waals surface area contributed by atoms with Crippen LogP contribution in [0.4, 0.5) is 10.1 Å². The molecular weight excluding hydrogens is 307 g/mol. The van der Waals surface area contributed by atoms with Crippen LogP contribution in [0.15, 0.2) is 46.9 Å². The summed E-state index contributed by atoms with van der Waals surface area (Å²) in [5.41, 5.74) is 8.43. The highest BCUT2D eigenvalue weighted by Gasteiger charge is 2.14. The molecule has 19 heavy (non-hydrogen) atoms. The average Bonchev–Trinajstić information content (AvgIpc) is 2.37. The van der Waals surface area contributed by atoms with Crippen LogP contribution in [-0.4, -0.2) is 6.54 Å². The third-order valence-corrected chi connectivity index (χ3v) is 3.43. The maximum absolute atomic E-state index is 13.9. The van der Waals surface area contributed by atoms with Crippen molar-refractivity contribution in [2.24, 2.45) is 5.73 Å². The summed E-state index contributed by atoms with van der Waals surface area (Å²) < 4.78 is 14.7. The Bertz CT molecular complexity index is 572. The molecule has 2 aromatic rings. The topological polar surface area (TPSA) is 38.0 Å². The van der Waals surface area contributed by atoms with Crippen LogP contribution in [0.3, 0.4) is 0 Å². The van der Waals surface area contributed by atoms with Gasteiger partial charge in [-0.05, 0) is 36.8 Å². The van der Waals surface area contributed by atoms with Crippen LogP contribution < -0.4 is 11.1 Å². The highest BCUT2D eigenvalue weighted by Crippen LogP contribution is 2.24. The van der Waals surface area contributed by atoms with Crippen LogP contribution in [0.5, 0.6) is 0 Å². The van der Waals surface area contributed by atoms with Gasteiger partial charge in [-0.15, -0.1) is 0 Å². The van der Waals surface area contributed by atoms with Crippen molar-refractivity contribution in [3.8, 4) is 0 Å². The lowest BCUT2D eigenvalue weighted by atomic mass is 10.1. The van der Waals surface area contributed by atoms with Crippen LogP contribution in [-0.2, 0) is 0 Å². The van der Waals surface area contributed by atoms with Crippen LogP contribution >= 0.6 is 15.9 Å². The van der Waals surface area contributed by atoms with E-state index < -0.39 is 0 Å². The second kappa shape index (κ2) is 6.17. The summed E-state index contributed by atoms with van der Waals surface area (Å²) in [6, 6.07) is 12.7. The molecule has 2 nitrogen and oxygen atoms in total. The standard InChI is InChI=1S/C15H16BrFN2/c1-10-3-2-4-12(7-10)19-15(9-18)13-6-5-11(16)8-14(13)17/h2-8,15,19H,9,18H2,1H3. The van der Waals surface area contributed by atoms with Crippen molar-refractivity contribution >= 4 is 21.6 Å². The van der Waals surface area contributed by atoms with Crippen molar-refractivity contribution in [2.45, 2.75) is 13.0 Å². The summed E-state index contributed by atoms with van der Waals surface area (Å²) in [5.74, 6) is -0.259. The molecule has 3 N–H and O–H groups in total. The fraction of sp³-hybridized carbons (Fsp3) is 0.200. The largest absolute Gasteiger partial charge is 0.377 e. The summed E-state index contributed by atoms with van der Waals surface area (Å²) in [5, 5.41) is 3.27. The summed E-state index contributed by atoms with van der Waals surface area (Å²) in [6.45, 7) is 2.34. The molecule has 0 aliphatic rings. The number of aryl methyl sites for hydroxylation is 1. The van der Waals surface area contributed by atoms with E-state index in [0.717, 1.165) is 15.7 Å². The number of rotatable bonds is 4. The van der Waals surface area contributed by atoms with Crippen molar-refractivity contribution < 1.29 is 4.39 Å². The number of anilines is 1. The van der Waals surface area contributed by atoms with Gasteiger partial charge in [0.05, 0.1) is 6.04 Å². The first-order valence-corrected chi connectivity index (χ1v) is 6.87. The van der Waals surface area contributed by atoms with E-state index in [0.29, 0.717) is 12.1 Å². The predicted octanol–water partition coefficient (Wildman–Crippen LogP) is 4.01. The minimum Gasteiger partial charge on any atom is -0.377 e. The Morgan fingerprint density at radius 1 is 1.26 bits per heavy atom. The van der Waals surface area contributed by atoms with Gasteiger partial charge in [-0.2, -0.15) is 0 Å². The molecule has 0 amide bonds. The monoisotopic (exact) mass is 322 g/mol. The number of nitrogens with one attached hydrogen (secondary N) is 1. The Morgan fingerprint density at radius 3 is 2.68 bits per heavy atom. The smallest absolute Gasteiger partial charge is 0.129 e. The maximum Gasteiger partial charge on any atom is 0.129 e. The molecule has 4 heteroatoms. The quantitative estimate of drug-likeness (QED) is 0.892. The van der Waals surface area contributed by atoms with Crippen LogP contribution in [0.1, 0.15) is 17.2 Å². The second-order valence-corrected chi connectivity index (χ2v) is 5.38. The summed E-state index contributed by atoms with van der Waals surface area (Å²) in [4.78, 5) is 0. The first kappa shape index (κ1) is 14.0. The Labute approximate surface area is 121 Å². The van der Waals surface area contributed by atoms with E-state index in [9.17, 15) is 4.39 Å². The van der Waals surface area contributed by atoms with Gasteiger partial charge in [0.15, 0.2) is 0 Å². The number of benzene rings is 2. The lowest BCUT2D eigenvalue weighted by Crippen LogP contribution is -2.21. The van der Waals surface area contributed by atoms with Gasteiger partial charge in [0.25, 0.3) is 0 Å². The van der Waals surface area contributed by atoms with Crippen molar-refractivity contribution in [1.29, 1.82) is 0 Å². The minimum atomic E-state index is -0.259. The van der Waals surface area contributed by atoms with Gasteiger partial charge in [-0.25, -0.2) is 4.39 Å². The van der Waals surface area contributed by atoms with Crippen molar-refractivity contribution in [1.82, 2.24) is 0 Å². The van der Waals surface area contributed by atoms with Gasteiger partial charge >= 0.3 is 0 Å². The fourth-order valence-electron chi connectivity index (χ4n) is 1.98. The van der Waals surface area contributed by atoms with Gasteiger partial charge in [-0.3, -0.25) is 0 Å². The van der Waals surface area contributed by atoms with Crippen molar-refractivity contribution in [3.05, 3.63) is 63.9 Å². The Hall–Kier alpha value is -1.39. The van der Waals surface area contributed by atoms with E-state index in [1.54, 1.807) is 6.07 Å². The van der Waals surface area contributed by atoms with Gasteiger partial charge in [0, 0.05) is 22.3 Å². The number of nitrogens with two attached hydrogens (primary N) is 1. The number of hydrogen-bond donors (Lipinski definition) is 2. The van der Waals surface area contributed by atoms with Gasteiger partial charge in [0.1, 0.15) is 5.82 Å². The third kappa shape index (κ3) is 3.55. The van der Waals surface area contributed by atoms with E-state index in [1.165, 1.54) is 6.07 Å². The molecule has 0 aliphatic heterocycles. The molecule has 0 heterocycles. The molecule has 0 saturated heterocycles. The Morgan fingerprint density at radius 2 is 2.05 bits per heavy atom. The van der Waals surface area contributed by atoms with Crippen molar-refractivity contribution in [3.63, 3.8) is 0 Å². The summed E-state index contributed by atoms with van der Waals surface area (Å²) in [6.07, 6.45) is 0. The lowest BCUT2D eigenvalue weighted by Gasteiger charge is -2.19. The Balaban J connectivity index is 2.25.